The van der Waals surface area contributed by atoms with Crippen LogP contribution in [0, 0.1) is 12.8 Å². The van der Waals surface area contributed by atoms with Crippen LogP contribution in [0.1, 0.15) is 35.5 Å². The van der Waals surface area contributed by atoms with Crippen LogP contribution in [0.5, 0.6) is 0 Å². The van der Waals surface area contributed by atoms with Crippen molar-refractivity contribution in [2.24, 2.45) is 5.92 Å². The van der Waals surface area contributed by atoms with Gasteiger partial charge in [0.05, 0.1) is 29.3 Å². The largest absolute Gasteiger partial charge is 0.372 e. The van der Waals surface area contributed by atoms with Crippen molar-refractivity contribution in [2.75, 3.05) is 25.5 Å². The maximum Gasteiger partial charge on any atom is 0.144 e. The van der Waals surface area contributed by atoms with E-state index in [2.05, 4.69) is 32.1 Å². The first-order chi connectivity index (χ1) is 11.2. The SMILES string of the molecule is CNc1cnc(C[C@H]2CCCN(Cc3scnc3C)CC2)cn1. The van der Waals surface area contributed by atoms with Crippen LogP contribution < -0.4 is 5.32 Å². The van der Waals surface area contributed by atoms with E-state index in [0.29, 0.717) is 0 Å². The summed E-state index contributed by atoms with van der Waals surface area (Å²) in [6, 6.07) is 0. The lowest BCUT2D eigenvalue weighted by Crippen LogP contribution is -2.24. The number of aryl methyl sites for hydroxylation is 1. The summed E-state index contributed by atoms with van der Waals surface area (Å²) in [5.74, 6) is 1.55. The van der Waals surface area contributed by atoms with Crippen LogP contribution in [0.15, 0.2) is 17.9 Å². The summed E-state index contributed by atoms with van der Waals surface area (Å²) >= 11 is 1.78. The molecule has 2 aromatic rings. The summed E-state index contributed by atoms with van der Waals surface area (Å²) in [4.78, 5) is 17.2. The van der Waals surface area contributed by atoms with Gasteiger partial charge in [0.25, 0.3) is 0 Å². The van der Waals surface area contributed by atoms with E-state index in [1.165, 1.54) is 42.9 Å². The molecule has 0 aromatic carbocycles. The van der Waals surface area contributed by atoms with Gasteiger partial charge in [-0.1, -0.05) is 0 Å². The second kappa shape index (κ2) is 7.84. The topological polar surface area (TPSA) is 53.9 Å². The minimum atomic E-state index is 0.720. The number of thiazole rings is 1. The Hall–Kier alpha value is -1.53. The summed E-state index contributed by atoms with van der Waals surface area (Å²) in [6.45, 7) is 5.53. The molecule has 23 heavy (non-hydrogen) atoms. The van der Waals surface area contributed by atoms with Gasteiger partial charge in [-0.05, 0) is 51.6 Å². The lowest BCUT2D eigenvalue weighted by Gasteiger charge is -2.19. The normalized spacial score (nSPS) is 19.5. The van der Waals surface area contributed by atoms with Crippen LogP contribution >= 0.6 is 11.3 Å². The molecule has 2 aromatic heterocycles. The third kappa shape index (κ3) is 4.48. The average Bonchev–Trinajstić information content (AvgIpc) is 2.84. The molecule has 0 unspecified atom stereocenters. The van der Waals surface area contributed by atoms with E-state index in [0.717, 1.165) is 30.4 Å². The zero-order valence-electron chi connectivity index (χ0n) is 14.0. The van der Waals surface area contributed by atoms with Crippen molar-refractivity contribution in [1.82, 2.24) is 19.9 Å². The molecule has 1 atom stereocenters. The molecule has 1 N–H and O–H groups in total. The Bertz CT molecular complexity index is 610. The van der Waals surface area contributed by atoms with Crippen LogP contribution in [0.25, 0.3) is 0 Å². The molecule has 1 fully saturated rings. The molecule has 5 nitrogen and oxygen atoms in total. The van der Waals surface area contributed by atoms with Gasteiger partial charge in [-0.3, -0.25) is 9.88 Å². The number of aromatic nitrogens is 3. The third-order valence-electron chi connectivity index (χ3n) is 4.61. The highest BCUT2D eigenvalue weighted by Gasteiger charge is 2.19. The number of likely N-dealkylation sites (tertiary alicyclic amines) is 1. The fourth-order valence-corrected chi connectivity index (χ4v) is 3.97. The molecular weight excluding hydrogens is 306 g/mol. The van der Waals surface area contributed by atoms with Gasteiger partial charge in [-0.25, -0.2) is 9.97 Å². The van der Waals surface area contributed by atoms with Gasteiger partial charge in [0, 0.05) is 18.5 Å². The monoisotopic (exact) mass is 331 g/mol. The second-order valence-electron chi connectivity index (χ2n) is 6.28. The number of nitrogens with zero attached hydrogens (tertiary/aromatic N) is 4. The van der Waals surface area contributed by atoms with Crippen LogP contribution in [0.3, 0.4) is 0 Å². The van der Waals surface area contributed by atoms with Gasteiger partial charge in [-0.15, -0.1) is 11.3 Å². The van der Waals surface area contributed by atoms with Crippen LogP contribution in [0.4, 0.5) is 5.82 Å². The summed E-state index contributed by atoms with van der Waals surface area (Å²) in [6.07, 6.45) is 8.58. The molecule has 1 aliphatic rings. The van der Waals surface area contributed by atoms with Gasteiger partial charge in [0.2, 0.25) is 0 Å². The number of hydrogen-bond acceptors (Lipinski definition) is 6. The van der Waals surface area contributed by atoms with Crippen LogP contribution in [0.2, 0.25) is 0 Å². The van der Waals surface area contributed by atoms with Crippen molar-refractivity contribution >= 4 is 17.2 Å². The molecule has 0 radical (unpaired) electrons. The number of hydrogen-bond donors (Lipinski definition) is 1. The molecule has 0 spiro atoms. The standard InChI is InChI=1S/C17H25N5S/c1-13-16(23-12-21-13)11-22-6-3-4-14(5-7-22)8-15-9-20-17(18-2)10-19-15/h9-10,12,14H,3-8,11H2,1-2H3,(H,18,20)/t14-/m0/s1. The van der Waals surface area contributed by atoms with Crippen molar-refractivity contribution in [1.29, 1.82) is 0 Å². The fourth-order valence-electron chi connectivity index (χ4n) is 3.15. The van der Waals surface area contributed by atoms with Gasteiger partial charge < -0.3 is 5.32 Å². The van der Waals surface area contributed by atoms with E-state index in [-0.39, 0.29) is 0 Å². The molecule has 0 bridgehead atoms. The molecule has 0 saturated carbocycles. The van der Waals surface area contributed by atoms with Crippen molar-refractivity contribution < 1.29 is 0 Å². The zero-order chi connectivity index (χ0) is 16.1. The third-order valence-corrected chi connectivity index (χ3v) is 5.53. The van der Waals surface area contributed by atoms with E-state index in [4.69, 9.17) is 0 Å². The Morgan fingerprint density at radius 1 is 1.22 bits per heavy atom. The summed E-state index contributed by atoms with van der Waals surface area (Å²) in [5.41, 5.74) is 4.26. The lowest BCUT2D eigenvalue weighted by atomic mass is 9.95. The smallest absolute Gasteiger partial charge is 0.144 e. The van der Waals surface area contributed by atoms with E-state index < -0.39 is 0 Å². The maximum absolute atomic E-state index is 4.52. The first-order valence-corrected chi connectivity index (χ1v) is 9.22. The lowest BCUT2D eigenvalue weighted by molar-refractivity contribution is 0.274. The Kier molecular flexibility index (Phi) is 5.56. The first kappa shape index (κ1) is 16.3. The molecule has 1 aliphatic heterocycles. The van der Waals surface area contributed by atoms with Gasteiger partial charge in [0.15, 0.2) is 0 Å². The van der Waals surface area contributed by atoms with Crippen molar-refractivity contribution in [3.8, 4) is 0 Å². The minimum Gasteiger partial charge on any atom is -0.372 e. The Morgan fingerprint density at radius 3 is 2.83 bits per heavy atom. The van der Waals surface area contributed by atoms with Gasteiger partial charge in [-0.2, -0.15) is 0 Å². The number of nitrogens with one attached hydrogen (secondary N) is 1. The maximum atomic E-state index is 4.52. The number of anilines is 1. The minimum absolute atomic E-state index is 0.720. The predicted molar refractivity (Wildman–Crippen MR) is 94.8 cm³/mol. The molecule has 0 amide bonds. The Labute approximate surface area is 142 Å². The van der Waals surface area contributed by atoms with Crippen LogP contribution in [-0.2, 0) is 13.0 Å². The van der Waals surface area contributed by atoms with E-state index in [9.17, 15) is 0 Å². The van der Waals surface area contributed by atoms with E-state index in [1.807, 2.05) is 25.0 Å². The molecule has 3 rings (SSSR count). The summed E-state index contributed by atoms with van der Waals surface area (Å²) < 4.78 is 0. The van der Waals surface area contributed by atoms with Crippen molar-refractivity contribution in [2.45, 2.75) is 39.2 Å². The molecular formula is C17H25N5S. The average molecular weight is 331 g/mol. The zero-order valence-corrected chi connectivity index (χ0v) is 14.8. The number of rotatable bonds is 5. The van der Waals surface area contributed by atoms with Gasteiger partial charge in [0.1, 0.15) is 5.82 Å². The Balaban J connectivity index is 1.52. The molecule has 0 aliphatic carbocycles. The molecule has 1 saturated heterocycles. The molecule has 124 valence electrons. The van der Waals surface area contributed by atoms with Crippen molar-refractivity contribution in [3.05, 3.63) is 34.2 Å². The van der Waals surface area contributed by atoms with E-state index >= 15 is 0 Å². The summed E-state index contributed by atoms with van der Waals surface area (Å²) in [5, 5.41) is 3.01. The fraction of sp³-hybridized carbons (Fsp3) is 0.588. The van der Waals surface area contributed by atoms with E-state index in [1.54, 1.807) is 11.3 Å². The Morgan fingerprint density at radius 2 is 2.13 bits per heavy atom. The highest BCUT2D eigenvalue weighted by molar-refractivity contribution is 7.09. The van der Waals surface area contributed by atoms with Gasteiger partial charge >= 0.3 is 0 Å². The summed E-state index contributed by atoms with van der Waals surface area (Å²) in [7, 11) is 1.87. The van der Waals surface area contributed by atoms with Crippen LogP contribution in [-0.4, -0.2) is 40.0 Å². The molecule has 3 heterocycles. The van der Waals surface area contributed by atoms with Crippen molar-refractivity contribution in [3.63, 3.8) is 0 Å². The highest BCUT2D eigenvalue weighted by atomic mass is 32.1. The highest BCUT2D eigenvalue weighted by Crippen LogP contribution is 2.23. The predicted octanol–water partition coefficient (Wildman–Crippen LogP) is 3.13. The molecule has 6 heteroatoms. The second-order valence-corrected chi connectivity index (χ2v) is 7.22. The quantitative estimate of drug-likeness (QED) is 0.912. The first-order valence-electron chi connectivity index (χ1n) is 8.34.